The molecule has 4 N–H and O–H groups in total. The summed E-state index contributed by atoms with van der Waals surface area (Å²) in [5, 5.41) is 7.13. The first-order chi connectivity index (χ1) is 18.1. The monoisotopic (exact) mass is 508 g/mol. The second-order valence-corrected chi connectivity index (χ2v) is 11.9. The van der Waals surface area contributed by atoms with Gasteiger partial charge in [-0.15, -0.1) is 11.3 Å². The Morgan fingerprint density at radius 1 is 0.730 bits per heavy atom. The smallest absolute Gasteiger partial charge is 0.142 e. The van der Waals surface area contributed by atoms with E-state index >= 15 is 0 Å². The third-order valence-corrected chi connectivity index (χ3v) is 8.93. The molecule has 5 aromatic rings. The molecule has 5 heterocycles. The summed E-state index contributed by atoms with van der Waals surface area (Å²) in [5.74, 6) is 3.53. The Kier molecular flexibility index (Phi) is 5.72. The van der Waals surface area contributed by atoms with Crippen molar-refractivity contribution < 1.29 is 0 Å². The van der Waals surface area contributed by atoms with Crippen LogP contribution in [0.2, 0.25) is 0 Å². The first kappa shape index (κ1) is 22.9. The third-order valence-electron chi connectivity index (χ3n) is 7.85. The van der Waals surface area contributed by atoms with Crippen molar-refractivity contribution in [1.29, 1.82) is 0 Å². The molecule has 7 rings (SSSR count). The van der Waals surface area contributed by atoms with Gasteiger partial charge >= 0.3 is 0 Å². The van der Waals surface area contributed by atoms with E-state index < -0.39 is 0 Å². The summed E-state index contributed by atoms with van der Waals surface area (Å²) in [6.07, 6.45) is 4.24. The highest BCUT2D eigenvalue weighted by Crippen LogP contribution is 2.36. The van der Waals surface area contributed by atoms with Gasteiger partial charge in [0.15, 0.2) is 0 Å². The molecule has 4 atom stereocenters. The predicted octanol–water partition coefficient (Wildman–Crippen LogP) is 6.69. The summed E-state index contributed by atoms with van der Waals surface area (Å²) in [4.78, 5) is 18.9. The Balaban J connectivity index is 1.06. The van der Waals surface area contributed by atoms with Gasteiger partial charge in [-0.3, -0.25) is 0 Å². The quantitative estimate of drug-likeness (QED) is 0.213. The maximum Gasteiger partial charge on any atom is 0.142 e. The Morgan fingerprint density at radius 3 is 1.92 bits per heavy atom. The minimum atomic E-state index is 0.337. The molecule has 2 aliphatic rings. The van der Waals surface area contributed by atoms with Crippen LogP contribution in [-0.2, 0) is 0 Å². The van der Waals surface area contributed by atoms with Gasteiger partial charge in [0, 0.05) is 4.88 Å². The van der Waals surface area contributed by atoms with E-state index in [1.807, 2.05) is 6.20 Å². The van der Waals surface area contributed by atoms with Crippen LogP contribution >= 0.6 is 11.3 Å². The summed E-state index contributed by atoms with van der Waals surface area (Å²) in [5.41, 5.74) is 7.02. The van der Waals surface area contributed by atoms with Gasteiger partial charge in [-0.1, -0.05) is 62.4 Å². The molecule has 0 spiro atoms. The van der Waals surface area contributed by atoms with Crippen LogP contribution in [0.4, 0.5) is 0 Å². The molecule has 2 fully saturated rings. The molecule has 0 aliphatic carbocycles. The maximum atomic E-state index is 4.89. The lowest BCUT2D eigenvalue weighted by molar-refractivity contribution is 0.588. The van der Waals surface area contributed by atoms with E-state index in [1.165, 1.54) is 21.6 Å². The summed E-state index contributed by atoms with van der Waals surface area (Å²) in [6, 6.07) is 20.5. The standard InChI is InChI=1S/C30H32N6S/c1-17-11-23(31-14-17)28-33-16-26(35-28)21-7-3-19(4-8-21)20-5-9-22(10-6-20)27-13-25-30(37-27)36-29(34-25)24-12-18(2)15-32-24/h3-10,13,16-18,23-24,31-32H,11-12,14-15H2,1-2H3,(H,33,35)(H,34,36). The SMILES string of the molecule is CC1CNC(c2ncc(-c3ccc(-c4ccc(-c5cc6[nH]c(C7CC(C)CN7)nc6s5)cc4)cc3)[nH]2)C1. The van der Waals surface area contributed by atoms with Crippen molar-refractivity contribution in [1.82, 2.24) is 30.6 Å². The van der Waals surface area contributed by atoms with E-state index in [0.29, 0.717) is 23.9 Å². The van der Waals surface area contributed by atoms with Gasteiger partial charge in [0.25, 0.3) is 0 Å². The predicted molar refractivity (Wildman–Crippen MR) is 151 cm³/mol. The fourth-order valence-corrected chi connectivity index (χ4v) is 6.71. The number of fused-ring (bicyclic) bond motifs is 1. The van der Waals surface area contributed by atoms with Crippen molar-refractivity contribution >= 4 is 21.7 Å². The minimum Gasteiger partial charge on any atom is -0.341 e. The summed E-state index contributed by atoms with van der Waals surface area (Å²) in [6.45, 7) is 6.70. The van der Waals surface area contributed by atoms with Crippen LogP contribution in [0.3, 0.4) is 0 Å². The van der Waals surface area contributed by atoms with Gasteiger partial charge in [0.1, 0.15) is 16.5 Å². The van der Waals surface area contributed by atoms with Gasteiger partial charge in [-0.2, -0.15) is 0 Å². The molecule has 0 radical (unpaired) electrons. The largest absolute Gasteiger partial charge is 0.341 e. The van der Waals surface area contributed by atoms with Crippen molar-refractivity contribution in [2.24, 2.45) is 11.8 Å². The zero-order valence-corrected chi connectivity index (χ0v) is 22.0. The number of hydrogen-bond acceptors (Lipinski definition) is 5. The van der Waals surface area contributed by atoms with Crippen LogP contribution in [0.1, 0.15) is 50.4 Å². The fraction of sp³-hybridized carbons (Fsp3) is 0.333. The molecule has 0 saturated carbocycles. The zero-order valence-electron chi connectivity index (χ0n) is 21.2. The number of imidazole rings is 2. The van der Waals surface area contributed by atoms with Crippen LogP contribution in [0, 0.1) is 11.8 Å². The zero-order chi connectivity index (χ0) is 24.9. The summed E-state index contributed by atoms with van der Waals surface area (Å²) >= 11 is 1.76. The van der Waals surface area contributed by atoms with Crippen LogP contribution in [0.25, 0.3) is 43.2 Å². The molecule has 6 nitrogen and oxygen atoms in total. The maximum absolute atomic E-state index is 4.89. The van der Waals surface area contributed by atoms with Crippen molar-refractivity contribution in [3.8, 4) is 32.8 Å². The molecule has 2 saturated heterocycles. The molecule has 7 heteroatoms. The molecule has 4 unspecified atom stereocenters. The van der Waals surface area contributed by atoms with E-state index in [2.05, 4.69) is 94.0 Å². The molecule has 3 aromatic heterocycles. The second-order valence-electron chi connectivity index (χ2n) is 10.9. The molecule has 37 heavy (non-hydrogen) atoms. The normalized spacial score (nSPS) is 23.8. The van der Waals surface area contributed by atoms with E-state index in [1.54, 1.807) is 11.3 Å². The molecule has 0 amide bonds. The third kappa shape index (κ3) is 4.41. The van der Waals surface area contributed by atoms with E-state index in [9.17, 15) is 0 Å². The Morgan fingerprint density at radius 2 is 1.32 bits per heavy atom. The van der Waals surface area contributed by atoms with Crippen molar-refractivity contribution in [3.05, 3.63) is 72.4 Å². The van der Waals surface area contributed by atoms with Gasteiger partial charge in [0.05, 0.1) is 29.5 Å². The number of nitrogens with zero attached hydrogens (tertiary/aromatic N) is 2. The van der Waals surface area contributed by atoms with E-state index in [4.69, 9.17) is 4.98 Å². The Bertz CT molecular complexity index is 1500. The topological polar surface area (TPSA) is 81.4 Å². The van der Waals surface area contributed by atoms with Crippen LogP contribution in [0.5, 0.6) is 0 Å². The number of aromatic amines is 2. The fourth-order valence-electron chi connectivity index (χ4n) is 5.71. The van der Waals surface area contributed by atoms with Crippen molar-refractivity contribution in [3.63, 3.8) is 0 Å². The second kappa shape index (κ2) is 9.24. The summed E-state index contributed by atoms with van der Waals surface area (Å²) < 4.78 is 0. The average Bonchev–Trinajstić information content (AvgIpc) is 3.72. The first-order valence-corrected chi connectivity index (χ1v) is 14.1. The highest BCUT2D eigenvalue weighted by Gasteiger charge is 2.26. The highest BCUT2D eigenvalue weighted by atomic mass is 32.1. The van der Waals surface area contributed by atoms with Crippen LogP contribution < -0.4 is 10.6 Å². The molecular formula is C30H32N6S. The van der Waals surface area contributed by atoms with Crippen LogP contribution in [0.15, 0.2) is 60.8 Å². The van der Waals surface area contributed by atoms with Crippen molar-refractivity contribution in [2.75, 3.05) is 13.1 Å². The lowest BCUT2D eigenvalue weighted by Gasteiger charge is -2.07. The number of hydrogen-bond donors (Lipinski definition) is 4. The number of thiophene rings is 1. The number of aromatic nitrogens is 4. The molecule has 2 aliphatic heterocycles. The first-order valence-electron chi connectivity index (χ1n) is 13.3. The summed E-state index contributed by atoms with van der Waals surface area (Å²) in [7, 11) is 0. The molecular weight excluding hydrogens is 476 g/mol. The van der Waals surface area contributed by atoms with Crippen LogP contribution in [-0.4, -0.2) is 33.0 Å². The van der Waals surface area contributed by atoms with Gasteiger partial charge in [-0.05, 0) is 66.1 Å². The molecule has 2 aromatic carbocycles. The average molecular weight is 509 g/mol. The number of H-pyrrole nitrogens is 2. The van der Waals surface area contributed by atoms with Gasteiger partial charge in [0.2, 0.25) is 0 Å². The lowest BCUT2D eigenvalue weighted by atomic mass is 10.0. The number of rotatable bonds is 5. The molecule has 188 valence electrons. The molecule has 0 bridgehead atoms. The highest BCUT2D eigenvalue weighted by molar-refractivity contribution is 7.21. The van der Waals surface area contributed by atoms with Gasteiger partial charge < -0.3 is 20.6 Å². The van der Waals surface area contributed by atoms with E-state index in [0.717, 1.165) is 59.2 Å². The number of benzene rings is 2. The van der Waals surface area contributed by atoms with Crippen molar-refractivity contribution in [2.45, 2.75) is 38.8 Å². The Labute approximate surface area is 221 Å². The number of nitrogens with one attached hydrogen (secondary N) is 4. The van der Waals surface area contributed by atoms with E-state index in [-0.39, 0.29) is 0 Å². The Hall–Kier alpha value is -3.26. The minimum absolute atomic E-state index is 0.337. The lowest BCUT2D eigenvalue weighted by Crippen LogP contribution is -2.14. The van der Waals surface area contributed by atoms with Gasteiger partial charge in [-0.25, -0.2) is 9.97 Å².